The van der Waals surface area contributed by atoms with E-state index in [-0.39, 0.29) is 28.7 Å². The summed E-state index contributed by atoms with van der Waals surface area (Å²) in [5.41, 5.74) is -0.208. The number of hydrogen-bond acceptors (Lipinski definition) is 5. The minimum atomic E-state index is -3.80. The average Bonchev–Trinajstić information content (AvgIpc) is 2.69. The molecule has 0 saturated carbocycles. The van der Waals surface area contributed by atoms with Crippen molar-refractivity contribution in [1.29, 1.82) is 0 Å². The maximum Gasteiger partial charge on any atom is 0.241 e. The van der Waals surface area contributed by atoms with E-state index in [1.807, 2.05) is 0 Å². The van der Waals surface area contributed by atoms with Gasteiger partial charge in [0.05, 0.1) is 16.4 Å². The third-order valence-electron chi connectivity index (χ3n) is 3.66. The summed E-state index contributed by atoms with van der Waals surface area (Å²) in [6.07, 6.45) is 0.259. The molecule has 1 amide bonds. The molecule has 2 rings (SSSR count). The predicted octanol–water partition coefficient (Wildman–Crippen LogP) is 0.178. The highest BCUT2D eigenvalue weighted by molar-refractivity contribution is 7.92. The van der Waals surface area contributed by atoms with Crippen LogP contribution in [-0.4, -0.2) is 39.8 Å². The van der Waals surface area contributed by atoms with Crippen LogP contribution in [0.4, 0.5) is 0 Å². The minimum Gasteiger partial charge on any atom is -0.352 e. The summed E-state index contributed by atoms with van der Waals surface area (Å²) in [4.78, 5) is 10.9. The average molecular weight is 360 g/mol. The van der Waals surface area contributed by atoms with Crippen molar-refractivity contribution in [2.75, 3.05) is 11.5 Å². The number of nitrogens with one attached hydrogen (secondary N) is 2. The maximum atomic E-state index is 12.4. The molecular weight excluding hydrogens is 340 g/mol. The van der Waals surface area contributed by atoms with Crippen molar-refractivity contribution in [2.24, 2.45) is 0 Å². The zero-order chi connectivity index (χ0) is 17.3. The van der Waals surface area contributed by atoms with E-state index < -0.39 is 25.4 Å². The van der Waals surface area contributed by atoms with Crippen molar-refractivity contribution >= 4 is 25.8 Å². The van der Waals surface area contributed by atoms with Crippen molar-refractivity contribution < 1.29 is 21.6 Å². The second-order valence-corrected chi connectivity index (χ2v) is 9.93. The van der Waals surface area contributed by atoms with Gasteiger partial charge in [0.1, 0.15) is 0 Å². The van der Waals surface area contributed by atoms with E-state index in [1.54, 1.807) is 19.1 Å². The van der Waals surface area contributed by atoms with Crippen LogP contribution in [0, 0.1) is 0 Å². The smallest absolute Gasteiger partial charge is 0.241 e. The summed E-state index contributed by atoms with van der Waals surface area (Å²) in [5, 5.41) is 2.62. The van der Waals surface area contributed by atoms with Gasteiger partial charge in [0.15, 0.2) is 9.84 Å². The number of sulfonamides is 1. The molecule has 0 radical (unpaired) electrons. The Bertz CT molecular complexity index is 800. The Balaban J connectivity index is 2.12. The van der Waals surface area contributed by atoms with Crippen LogP contribution in [0.15, 0.2) is 29.2 Å². The zero-order valence-electron chi connectivity index (χ0n) is 13.0. The molecule has 1 heterocycles. The second-order valence-electron chi connectivity index (χ2n) is 6.06. The minimum absolute atomic E-state index is 0.0122. The molecule has 2 N–H and O–H groups in total. The van der Waals surface area contributed by atoms with Gasteiger partial charge in [-0.2, -0.15) is 0 Å². The molecule has 1 aliphatic rings. The first-order valence-corrected chi connectivity index (χ1v) is 10.4. The Morgan fingerprint density at radius 1 is 1.26 bits per heavy atom. The lowest BCUT2D eigenvalue weighted by Gasteiger charge is -2.23. The molecule has 7 nitrogen and oxygen atoms in total. The molecule has 1 aromatic rings. The van der Waals surface area contributed by atoms with Gasteiger partial charge in [0.2, 0.25) is 15.9 Å². The Morgan fingerprint density at radius 2 is 1.87 bits per heavy atom. The lowest BCUT2D eigenvalue weighted by atomic mass is 10.0. The highest BCUT2D eigenvalue weighted by atomic mass is 32.2. The molecule has 0 bridgehead atoms. The van der Waals surface area contributed by atoms with Crippen LogP contribution >= 0.6 is 0 Å². The summed E-state index contributed by atoms with van der Waals surface area (Å²) >= 11 is 0. The van der Waals surface area contributed by atoms with Crippen molar-refractivity contribution in [3.8, 4) is 0 Å². The Hall–Kier alpha value is -1.45. The lowest BCUT2D eigenvalue weighted by molar-refractivity contribution is -0.119. The third kappa shape index (κ3) is 4.76. The van der Waals surface area contributed by atoms with Crippen LogP contribution in [0.5, 0.6) is 0 Å². The number of sulfone groups is 1. The van der Waals surface area contributed by atoms with E-state index in [9.17, 15) is 21.6 Å². The van der Waals surface area contributed by atoms with E-state index in [0.717, 1.165) is 5.56 Å². The fourth-order valence-corrected chi connectivity index (χ4v) is 6.11. The molecule has 128 valence electrons. The molecule has 23 heavy (non-hydrogen) atoms. The number of benzene rings is 1. The molecule has 0 unspecified atom stereocenters. The van der Waals surface area contributed by atoms with Gasteiger partial charge in [-0.3, -0.25) is 4.79 Å². The van der Waals surface area contributed by atoms with Gasteiger partial charge in [-0.05, 0) is 31.0 Å². The van der Waals surface area contributed by atoms with Crippen LogP contribution in [0.1, 0.15) is 25.8 Å². The normalized spacial score (nSPS) is 23.6. The first kappa shape index (κ1) is 17.9. The van der Waals surface area contributed by atoms with Gasteiger partial charge in [-0.1, -0.05) is 12.1 Å². The Morgan fingerprint density at radius 3 is 2.35 bits per heavy atom. The maximum absolute atomic E-state index is 12.4. The van der Waals surface area contributed by atoms with E-state index >= 15 is 0 Å². The summed E-state index contributed by atoms with van der Waals surface area (Å²) in [6, 6.07) is 6.09. The summed E-state index contributed by atoms with van der Waals surface area (Å²) in [7, 11) is -7.00. The highest BCUT2D eigenvalue weighted by Crippen LogP contribution is 2.25. The van der Waals surface area contributed by atoms with Crippen molar-refractivity contribution in [2.45, 2.75) is 37.2 Å². The molecule has 0 aliphatic carbocycles. The number of rotatable bonds is 5. The van der Waals surface area contributed by atoms with Gasteiger partial charge in [-0.15, -0.1) is 0 Å². The van der Waals surface area contributed by atoms with E-state index in [4.69, 9.17) is 0 Å². The second kappa shape index (κ2) is 6.21. The Labute approximate surface area is 136 Å². The van der Waals surface area contributed by atoms with E-state index in [1.165, 1.54) is 19.1 Å². The molecule has 1 aliphatic heterocycles. The third-order valence-corrected chi connectivity index (χ3v) is 7.22. The fraction of sp³-hybridized carbons (Fsp3) is 0.500. The number of carbonyl (C=O) groups excluding carboxylic acids is 1. The van der Waals surface area contributed by atoms with Crippen LogP contribution < -0.4 is 10.0 Å². The SMILES string of the molecule is CC(=O)NCc1ccc(S(=O)(=O)N[C@]2(C)CCS(=O)(=O)C2)cc1. The van der Waals surface area contributed by atoms with Gasteiger partial charge in [0.25, 0.3) is 0 Å². The monoisotopic (exact) mass is 360 g/mol. The first-order valence-electron chi connectivity index (χ1n) is 7.09. The van der Waals surface area contributed by atoms with Crippen molar-refractivity contribution in [1.82, 2.24) is 10.0 Å². The molecule has 1 fully saturated rings. The zero-order valence-corrected chi connectivity index (χ0v) is 14.6. The molecule has 1 saturated heterocycles. The molecular formula is C14H20N2O5S2. The van der Waals surface area contributed by atoms with Crippen LogP contribution in [0.25, 0.3) is 0 Å². The van der Waals surface area contributed by atoms with Gasteiger partial charge < -0.3 is 5.32 Å². The molecule has 0 spiro atoms. The van der Waals surface area contributed by atoms with Gasteiger partial charge in [0, 0.05) is 19.0 Å². The number of amides is 1. The Kier molecular flexibility index (Phi) is 4.84. The predicted molar refractivity (Wildman–Crippen MR) is 86.0 cm³/mol. The highest BCUT2D eigenvalue weighted by Gasteiger charge is 2.41. The number of carbonyl (C=O) groups is 1. The van der Waals surface area contributed by atoms with Crippen LogP contribution in [0.3, 0.4) is 0 Å². The molecule has 1 atom stereocenters. The molecule has 1 aromatic carbocycles. The standard InChI is InChI=1S/C14H20N2O5S2/c1-11(17)15-9-12-3-5-13(6-4-12)23(20,21)16-14(2)7-8-22(18,19)10-14/h3-6,16H,7-10H2,1-2H3,(H,15,17)/t14-/m1/s1. The largest absolute Gasteiger partial charge is 0.352 e. The van der Waals surface area contributed by atoms with E-state index in [2.05, 4.69) is 10.0 Å². The summed E-state index contributed by atoms with van der Waals surface area (Å²) in [5.74, 6) is -0.375. The number of hydrogen-bond donors (Lipinski definition) is 2. The van der Waals surface area contributed by atoms with E-state index in [0.29, 0.717) is 6.54 Å². The quantitative estimate of drug-likeness (QED) is 0.778. The van der Waals surface area contributed by atoms with Crippen molar-refractivity contribution in [3.05, 3.63) is 29.8 Å². The van der Waals surface area contributed by atoms with Gasteiger partial charge >= 0.3 is 0 Å². The topological polar surface area (TPSA) is 109 Å². The van der Waals surface area contributed by atoms with Gasteiger partial charge in [-0.25, -0.2) is 21.6 Å². The van der Waals surface area contributed by atoms with Crippen LogP contribution in [-0.2, 0) is 31.2 Å². The lowest BCUT2D eigenvalue weighted by Crippen LogP contribution is -2.46. The summed E-state index contributed by atoms with van der Waals surface area (Å²) < 4.78 is 50.5. The van der Waals surface area contributed by atoms with Crippen molar-refractivity contribution in [3.63, 3.8) is 0 Å². The first-order chi connectivity index (χ1) is 10.5. The molecule has 0 aromatic heterocycles. The fourth-order valence-electron chi connectivity index (χ4n) is 2.49. The molecule has 9 heteroatoms. The van der Waals surface area contributed by atoms with Crippen LogP contribution in [0.2, 0.25) is 0 Å². The summed E-state index contributed by atoms with van der Waals surface area (Å²) in [6.45, 7) is 3.32.